The second kappa shape index (κ2) is 4.52. The van der Waals surface area contributed by atoms with Gasteiger partial charge < -0.3 is 5.11 Å². The summed E-state index contributed by atoms with van der Waals surface area (Å²) < 4.78 is 4.62. The van der Waals surface area contributed by atoms with Gasteiger partial charge in [-0.15, -0.1) is 0 Å². The number of aryl methyl sites for hydroxylation is 1. The number of aliphatic carboxylic acids is 1. The van der Waals surface area contributed by atoms with Crippen molar-refractivity contribution in [2.45, 2.75) is 12.8 Å². The first-order valence-corrected chi connectivity index (χ1v) is 4.71. The van der Waals surface area contributed by atoms with E-state index in [1.54, 1.807) is 24.5 Å². The molecule has 0 atom stereocenters. The average molecular weight is 219 g/mol. The summed E-state index contributed by atoms with van der Waals surface area (Å²) in [7, 11) is 0. The molecular weight excluding hydrogens is 210 g/mol. The standard InChI is InChI=1S/C10H9N3O3/c14-9(15)2-1-8-10(13-16-12-8)7-3-5-11-6-4-7/h3-6H,1-2H2,(H,14,15). The predicted octanol–water partition coefficient (Wildman–Crippen LogP) is 1.15. The van der Waals surface area contributed by atoms with Gasteiger partial charge in [-0.3, -0.25) is 9.78 Å². The Hall–Kier alpha value is -2.24. The fourth-order valence-electron chi connectivity index (χ4n) is 1.32. The zero-order valence-electron chi connectivity index (χ0n) is 8.33. The molecule has 2 aromatic rings. The highest BCUT2D eigenvalue weighted by molar-refractivity contribution is 5.68. The van der Waals surface area contributed by atoms with E-state index in [1.165, 1.54) is 0 Å². The fourth-order valence-corrected chi connectivity index (χ4v) is 1.32. The van der Waals surface area contributed by atoms with Gasteiger partial charge in [-0.25, -0.2) is 4.63 Å². The van der Waals surface area contributed by atoms with Gasteiger partial charge in [-0.2, -0.15) is 0 Å². The molecule has 0 aliphatic rings. The maximum atomic E-state index is 10.5. The minimum absolute atomic E-state index is 0.00625. The van der Waals surface area contributed by atoms with Crippen molar-refractivity contribution < 1.29 is 14.5 Å². The summed E-state index contributed by atoms with van der Waals surface area (Å²) in [6.45, 7) is 0. The lowest BCUT2D eigenvalue weighted by atomic mass is 10.1. The van der Waals surface area contributed by atoms with Gasteiger partial charge in [0.1, 0.15) is 11.4 Å². The molecule has 2 heterocycles. The molecule has 1 N–H and O–H groups in total. The number of aromatic nitrogens is 3. The maximum absolute atomic E-state index is 10.5. The molecule has 6 heteroatoms. The van der Waals surface area contributed by atoms with Gasteiger partial charge in [0.05, 0.1) is 6.42 Å². The van der Waals surface area contributed by atoms with E-state index in [-0.39, 0.29) is 6.42 Å². The maximum Gasteiger partial charge on any atom is 0.303 e. The average Bonchev–Trinajstić information content (AvgIpc) is 2.75. The Morgan fingerprint density at radius 1 is 1.31 bits per heavy atom. The Morgan fingerprint density at radius 3 is 2.75 bits per heavy atom. The molecule has 0 unspecified atom stereocenters. The van der Waals surface area contributed by atoms with Crippen molar-refractivity contribution in [3.63, 3.8) is 0 Å². The third kappa shape index (κ3) is 2.22. The van der Waals surface area contributed by atoms with Crippen LogP contribution in [0.25, 0.3) is 11.3 Å². The van der Waals surface area contributed by atoms with E-state index in [0.29, 0.717) is 17.8 Å². The molecule has 0 fully saturated rings. The zero-order chi connectivity index (χ0) is 11.4. The van der Waals surface area contributed by atoms with Crippen LogP contribution < -0.4 is 0 Å². The summed E-state index contributed by atoms with van der Waals surface area (Å²) in [5, 5.41) is 16.0. The van der Waals surface area contributed by atoms with Gasteiger partial charge in [0.2, 0.25) is 0 Å². The van der Waals surface area contributed by atoms with Crippen LogP contribution in [0.3, 0.4) is 0 Å². The summed E-state index contributed by atoms with van der Waals surface area (Å²) in [4.78, 5) is 14.3. The first kappa shape index (κ1) is 10.3. The van der Waals surface area contributed by atoms with Crippen LogP contribution in [0.4, 0.5) is 0 Å². The van der Waals surface area contributed by atoms with E-state index in [4.69, 9.17) is 5.11 Å². The highest BCUT2D eigenvalue weighted by atomic mass is 16.6. The third-order valence-corrected chi connectivity index (χ3v) is 2.09. The second-order valence-corrected chi connectivity index (χ2v) is 3.19. The number of pyridine rings is 1. The molecule has 0 aliphatic carbocycles. The minimum Gasteiger partial charge on any atom is -0.481 e. The number of hydrogen-bond acceptors (Lipinski definition) is 5. The lowest BCUT2D eigenvalue weighted by molar-refractivity contribution is -0.136. The van der Waals surface area contributed by atoms with Crippen LogP contribution in [0, 0.1) is 0 Å². The summed E-state index contributed by atoms with van der Waals surface area (Å²) in [5.41, 5.74) is 1.94. The molecule has 0 saturated carbocycles. The number of hydrogen-bond donors (Lipinski definition) is 1. The monoisotopic (exact) mass is 219 g/mol. The highest BCUT2D eigenvalue weighted by Crippen LogP contribution is 2.20. The number of rotatable bonds is 4. The van der Waals surface area contributed by atoms with Crippen LogP contribution in [0.1, 0.15) is 12.1 Å². The van der Waals surface area contributed by atoms with E-state index >= 15 is 0 Å². The molecule has 6 nitrogen and oxygen atoms in total. The zero-order valence-corrected chi connectivity index (χ0v) is 8.33. The van der Waals surface area contributed by atoms with Gasteiger partial charge in [-0.1, -0.05) is 5.16 Å². The number of carboxylic acids is 1. The Balaban J connectivity index is 2.23. The Labute approximate surface area is 90.9 Å². The van der Waals surface area contributed by atoms with E-state index < -0.39 is 5.97 Å². The summed E-state index contributed by atoms with van der Waals surface area (Å²) in [6.07, 6.45) is 3.57. The molecule has 16 heavy (non-hydrogen) atoms. The van der Waals surface area contributed by atoms with Crippen LogP contribution in [-0.4, -0.2) is 26.4 Å². The largest absolute Gasteiger partial charge is 0.481 e. The molecule has 0 amide bonds. The molecule has 0 saturated heterocycles. The van der Waals surface area contributed by atoms with E-state index in [0.717, 1.165) is 5.56 Å². The Morgan fingerprint density at radius 2 is 2.06 bits per heavy atom. The van der Waals surface area contributed by atoms with Crippen LogP contribution in [0.5, 0.6) is 0 Å². The quantitative estimate of drug-likeness (QED) is 0.829. The lowest BCUT2D eigenvalue weighted by Crippen LogP contribution is -1.99. The molecular formula is C10H9N3O3. The second-order valence-electron chi connectivity index (χ2n) is 3.19. The molecule has 2 rings (SSSR count). The van der Waals surface area contributed by atoms with Crippen LogP contribution >= 0.6 is 0 Å². The number of carboxylic acid groups (broad SMARTS) is 1. The van der Waals surface area contributed by atoms with Gasteiger partial charge >= 0.3 is 5.97 Å². The van der Waals surface area contributed by atoms with E-state index in [2.05, 4.69) is 19.9 Å². The molecule has 0 spiro atoms. The van der Waals surface area contributed by atoms with Gasteiger partial charge in [-0.05, 0) is 17.3 Å². The van der Waals surface area contributed by atoms with Gasteiger partial charge in [0.15, 0.2) is 0 Å². The van der Waals surface area contributed by atoms with Crippen LogP contribution in [0.15, 0.2) is 29.2 Å². The Kier molecular flexibility index (Phi) is 2.90. The van der Waals surface area contributed by atoms with Gasteiger partial charge in [0, 0.05) is 24.4 Å². The summed E-state index contributed by atoms with van der Waals surface area (Å²) in [5.74, 6) is -0.872. The molecule has 2 aromatic heterocycles. The molecule has 82 valence electrons. The van der Waals surface area contributed by atoms with Crippen LogP contribution in [0.2, 0.25) is 0 Å². The molecule has 0 aromatic carbocycles. The molecule has 0 bridgehead atoms. The predicted molar refractivity (Wildman–Crippen MR) is 53.5 cm³/mol. The summed E-state index contributed by atoms with van der Waals surface area (Å²) >= 11 is 0. The lowest BCUT2D eigenvalue weighted by Gasteiger charge is -1.96. The number of nitrogens with zero attached hydrogens (tertiary/aromatic N) is 3. The number of carbonyl (C=O) groups is 1. The van der Waals surface area contributed by atoms with Crippen LogP contribution in [-0.2, 0) is 11.2 Å². The SMILES string of the molecule is O=C(O)CCc1nonc1-c1ccncc1. The van der Waals surface area contributed by atoms with E-state index in [9.17, 15) is 4.79 Å². The first-order chi connectivity index (χ1) is 7.77. The summed E-state index contributed by atoms with van der Waals surface area (Å²) in [6, 6.07) is 3.54. The molecule has 0 aliphatic heterocycles. The molecule has 0 radical (unpaired) electrons. The van der Waals surface area contributed by atoms with Gasteiger partial charge in [0.25, 0.3) is 0 Å². The third-order valence-electron chi connectivity index (χ3n) is 2.09. The Bertz CT molecular complexity index is 481. The fraction of sp³-hybridized carbons (Fsp3) is 0.200. The van der Waals surface area contributed by atoms with Crippen molar-refractivity contribution in [1.82, 2.24) is 15.3 Å². The van der Waals surface area contributed by atoms with Crippen molar-refractivity contribution in [2.75, 3.05) is 0 Å². The first-order valence-electron chi connectivity index (χ1n) is 4.71. The van der Waals surface area contributed by atoms with Crippen molar-refractivity contribution in [1.29, 1.82) is 0 Å². The minimum atomic E-state index is -0.872. The van der Waals surface area contributed by atoms with Crippen molar-refractivity contribution >= 4 is 5.97 Å². The topological polar surface area (TPSA) is 89.1 Å². The van der Waals surface area contributed by atoms with Crippen molar-refractivity contribution in [3.05, 3.63) is 30.2 Å². The normalized spacial score (nSPS) is 10.2. The van der Waals surface area contributed by atoms with Crippen molar-refractivity contribution in [3.8, 4) is 11.3 Å². The van der Waals surface area contributed by atoms with E-state index in [1.807, 2.05) is 0 Å². The highest BCUT2D eigenvalue weighted by Gasteiger charge is 2.13. The smallest absolute Gasteiger partial charge is 0.303 e. The van der Waals surface area contributed by atoms with Crippen molar-refractivity contribution in [2.24, 2.45) is 0 Å².